The van der Waals surface area contributed by atoms with E-state index < -0.39 is 0 Å². The fraction of sp³-hybridized carbons (Fsp3) is 0.429. The van der Waals surface area contributed by atoms with Gasteiger partial charge in [-0.1, -0.05) is 0 Å². The second-order valence-corrected chi connectivity index (χ2v) is 5.27. The summed E-state index contributed by atoms with van der Waals surface area (Å²) in [7, 11) is 0. The van der Waals surface area contributed by atoms with Crippen LogP contribution in [0.25, 0.3) is 0 Å². The van der Waals surface area contributed by atoms with Gasteiger partial charge >= 0.3 is 0 Å². The SMILES string of the molecule is Cc1cnc(Cn2ccnc2CC(C)N)c(C)c1[N+](=O)[O-]. The summed E-state index contributed by atoms with van der Waals surface area (Å²) in [5.74, 6) is 0.856. The summed E-state index contributed by atoms with van der Waals surface area (Å²) < 4.78 is 1.93. The largest absolute Gasteiger partial charge is 0.329 e. The minimum absolute atomic E-state index is 0.00700. The van der Waals surface area contributed by atoms with Crippen molar-refractivity contribution in [2.24, 2.45) is 5.73 Å². The van der Waals surface area contributed by atoms with Gasteiger partial charge in [0.25, 0.3) is 5.69 Å². The van der Waals surface area contributed by atoms with Crippen molar-refractivity contribution >= 4 is 5.69 Å². The number of imidazole rings is 1. The van der Waals surface area contributed by atoms with Crippen molar-refractivity contribution in [3.63, 3.8) is 0 Å². The molecule has 0 radical (unpaired) electrons. The molecule has 2 heterocycles. The Morgan fingerprint density at radius 2 is 2.14 bits per heavy atom. The third-order valence-corrected chi connectivity index (χ3v) is 3.38. The second kappa shape index (κ2) is 6.01. The van der Waals surface area contributed by atoms with E-state index in [1.165, 1.54) is 0 Å². The molecule has 2 rings (SSSR count). The van der Waals surface area contributed by atoms with Gasteiger partial charge in [-0.15, -0.1) is 0 Å². The first-order valence-electron chi connectivity index (χ1n) is 6.75. The minimum atomic E-state index is -0.355. The minimum Gasteiger partial charge on any atom is -0.329 e. The first-order valence-corrected chi connectivity index (χ1v) is 6.75. The Labute approximate surface area is 123 Å². The molecule has 0 aliphatic heterocycles. The molecule has 7 nitrogen and oxygen atoms in total. The molecule has 2 aromatic rings. The molecule has 112 valence electrons. The van der Waals surface area contributed by atoms with Gasteiger partial charge in [0, 0.05) is 36.6 Å². The van der Waals surface area contributed by atoms with Gasteiger partial charge in [-0.2, -0.15) is 0 Å². The molecule has 1 atom stereocenters. The van der Waals surface area contributed by atoms with Crippen molar-refractivity contribution in [1.29, 1.82) is 0 Å². The lowest BCUT2D eigenvalue weighted by Gasteiger charge is -2.11. The predicted octanol–water partition coefficient (Wildman–Crippen LogP) is 1.74. The monoisotopic (exact) mass is 289 g/mol. The molecule has 0 aromatic carbocycles. The molecule has 0 fully saturated rings. The average molecular weight is 289 g/mol. The lowest BCUT2D eigenvalue weighted by atomic mass is 10.1. The highest BCUT2D eigenvalue weighted by atomic mass is 16.6. The number of pyridine rings is 1. The van der Waals surface area contributed by atoms with E-state index in [0.717, 1.165) is 5.82 Å². The zero-order valence-corrected chi connectivity index (χ0v) is 12.4. The van der Waals surface area contributed by atoms with Crippen LogP contribution in [-0.4, -0.2) is 25.5 Å². The molecule has 0 spiro atoms. The Hall–Kier alpha value is -2.28. The first kappa shape index (κ1) is 15.1. The third-order valence-electron chi connectivity index (χ3n) is 3.38. The number of hydrogen-bond acceptors (Lipinski definition) is 5. The topological polar surface area (TPSA) is 99.9 Å². The number of aryl methyl sites for hydroxylation is 1. The van der Waals surface area contributed by atoms with E-state index in [1.807, 2.05) is 17.7 Å². The Bertz CT molecular complexity index is 663. The fourth-order valence-corrected chi connectivity index (χ4v) is 2.33. The number of rotatable bonds is 5. The molecule has 0 aliphatic carbocycles. The zero-order chi connectivity index (χ0) is 15.6. The van der Waals surface area contributed by atoms with Crippen LogP contribution in [0.3, 0.4) is 0 Å². The molecular formula is C14H19N5O2. The first-order chi connectivity index (χ1) is 9.90. The molecule has 21 heavy (non-hydrogen) atoms. The molecule has 2 N–H and O–H groups in total. The lowest BCUT2D eigenvalue weighted by Crippen LogP contribution is -2.21. The number of aromatic nitrogens is 3. The van der Waals surface area contributed by atoms with Crippen molar-refractivity contribution in [2.75, 3.05) is 0 Å². The maximum absolute atomic E-state index is 11.2. The normalized spacial score (nSPS) is 12.4. The summed E-state index contributed by atoms with van der Waals surface area (Å²) in [4.78, 5) is 19.4. The van der Waals surface area contributed by atoms with Crippen molar-refractivity contribution in [1.82, 2.24) is 14.5 Å². The van der Waals surface area contributed by atoms with Crippen LogP contribution >= 0.6 is 0 Å². The van der Waals surface area contributed by atoms with Gasteiger partial charge in [0.15, 0.2) is 0 Å². The molecule has 0 aliphatic rings. The molecule has 0 bridgehead atoms. The van der Waals surface area contributed by atoms with Crippen LogP contribution in [0.4, 0.5) is 5.69 Å². The highest BCUT2D eigenvalue weighted by Crippen LogP contribution is 2.24. The van der Waals surface area contributed by atoms with E-state index in [2.05, 4.69) is 9.97 Å². The van der Waals surface area contributed by atoms with Crippen molar-refractivity contribution in [3.8, 4) is 0 Å². The Balaban J connectivity index is 2.35. The van der Waals surface area contributed by atoms with Crippen LogP contribution in [0.1, 0.15) is 29.6 Å². The smallest absolute Gasteiger partial charge is 0.278 e. The highest BCUT2D eigenvalue weighted by Gasteiger charge is 2.19. The Morgan fingerprint density at radius 1 is 1.43 bits per heavy atom. The van der Waals surface area contributed by atoms with Crippen molar-refractivity contribution in [2.45, 2.75) is 39.8 Å². The quantitative estimate of drug-likeness (QED) is 0.667. The van der Waals surface area contributed by atoms with Gasteiger partial charge in [0.1, 0.15) is 5.82 Å². The number of nitro groups is 1. The van der Waals surface area contributed by atoms with Gasteiger partial charge in [-0.25, -0.2) is 4.98 Å². The van der Waals surface area contributed by atoms with Gasteiger partial charge in [-0.3, -0.25) is 15.1 Å². The Morgan fingerprint density at radius 3 is 2.76 bits per heavy atom. The molecular weight excluding hydrogens is 270 g/mol. The van der Waals surface area contributed by atoms with Gasteiger partial charge in [0.2, 0.25) is 0 Å². The van der Waals surface area contributed by atoms with Crippen molar-refractivity contribution in [3.05, 3.63) is 51.4 Å². The fourth-order valence-electron chi connectivity index (χ4n) is 2.33. The van der Waals surface area contributed by atoms with E-state index in [-0.39, 0.29) is 16.7 Å². The van der Waals surface area contributed by atoms with E-state index in [4.69, 9.17) is 5.73 Å². The summed E-state index contributed by atoms with van der Waals surface area (Å²) in [5, 5.41) is 11.2. The molecule has 0 saturated heterocycles. The van der Waals surface area contributed by atoms with Gasteiger partial charge in [0.05, 0.1) is 22.7 Å². The molecule has 0 saturated carbocycles. The van der Waals surface area contributed by atoms with Crippen LogP contribution in [-0.2, 0) is 13.0 Å². The zero-order valence-electron chi connectivity index (χ0n) is 12.4. The standard InChI is InChI=1S/C14H19N5O2/c1-9-7-17-12(11(3)14(9)19(20)21)8-18-5-4-16-13(18)6-10(2)15/h4-5,7,10H,6,8,15H2,1-3H3. The summed E-state index contributed by atoms with van der Waals surface area (Å²) in [5.41, 5.74) is 7.78. The number of hydrogen-bond donors (Lipinski definition) is 1. The van der Waals surface area contributed by atoms with E-state index in [1.54, 1.807) is 26.2 Å². The number of nitrogens with zero attached hydrogens (tertiary/aromatic N) is 4. The second-order valence-electron chi connectivity index (χ2n) is 5.27. The summed E-state index contributed by atoms with van der Waals surface area (Å²) in [6.07, 6.45) is 5.74. The van der Waals surface area contributed by atoms with E-state index >= 15 is 0 Å². The summed E-state index contributed by atoms with van der Waals surface area (Å²) in [6, 6.07) is 0.00700. The van der Waals surface area contributed by atoms with Crippen molar-refractivity contribution < 1.29 is 4.92 Å². The Kier molecular flexibility index (Phi) is 4.32. The van der Waals surface area contributed by atoms with E-state index in [9.17, 15) is 10.1 Å². The molecule has 2 aromatic heterocycles. The number of nitrogens with two attached hydrogens (primary N) is 1. The van der Waals surface area contributed by atoms with Crippen LogP contribution in [0, 0.1) is 24.0 Å². The predicted molar refractivity (Wildman–Crippen MR) is 79.0 cm³/mol. The lowest BCUT2D eigenvalue weighted by molar-refractivity contribution is -0.386. The molecule has 1 unspecified atom stereocenters. The van der Waals surface area contributed by atoms with Crippen LogP contribution in [0.15, 0.2) is 18.6 Å². The van der Waals surface area contributed by atoms with Crippen LogP contribution in [0.2, 0.25) is 0 Å². The maximum Gasteiger partial charge on any atom is 0.278 e. The maximum atomic E-state index is 11.2. The van der Waals surface area contributed by atoms with Gasteiger partial charge < -0.3 is 10.3 Å². The molecule has 0 amide bonds. The summed E-state index contributed by atoms with van der Waals surface area (Å²) in [6.45, 7) is 5.80. The van der Waals surface area contributed by atoms with E-state index in [0.29, 0.717) is 29.8 Å². The summed E-state index contributed by atoms with van der Waals surface area (Å²) >= 11 is 0. The van der Waals surface area contributed by atoms with Crippen LogP contribution in [0.5, 0.6) is 0 Å². The van der Waals surface area contributed by atoms with Crippen LogP contribution < -0.4 is 5.73 Å². The average Bonchev–Trinajstić information content (AvgIpc) is 2.79. The van der Waals surface area contributed by atoms with Gasteiger partial charge in [-0.05, 0) is 20.8 Å². The highest BCUT2D eigenvalue weighted by molar-refractivity contribution is 5.47. The molecule has 7 heteroatoms. The third kappa shape index (κ3) is 3.25.